The number of aromatic nitrogens is 5. The zero-order valence-corrected chi connectivity index (χ0v) is 17.5. The van der Waals surface area contributed by atoms with Crippen LogP contribution in [0.15, 0.2) is 41.2 Å². The van der Waals surface area contributed by atoms with Crippen molar-refractivity contribution < 1.29 is 9.84 Å². The molecule has 4 aromatic rings. The molecule has 0 bridgehead atoms. The summed E-state index contributed by atoms with van der Waals surface area (Å²) in [5.41, 5.74) is 3.71. The minimum atomic E-state index is -0.356. The van der Waals surface area contributed by atoms with Gasteiger partial charge in [-0.1, -0.05) is 6.42 Å². The number of H-pyrrole nitrogens is 2. The Hall–Kier alpha value is -3.59. The van der Waals surface area contributed by atoms with Gasteiger partial charge in [-0.05, 0) is 43.2 Å². The van der Waals surface area contributed by atoms with Crippen molar-refractivity contribution in [3.63, 3.8) is 0 Å². The summed E-state index contributed by atoms with van der Waals surface area (Å²) in [5.74, 6) is 0.870. The second-order valence-corrected chi connectivity index (χ2v) is 8.46. The predicted molar refractivity (Wildman–Crippen MR) is 121 cm³/mol. The number of phenolic OH excluding ortho intramolecular Hbond substituents is 1. The van der Waals surface area contributed by atoms with Crippen molar-refractivity contribution in [2.45, 2.75) is 25.2 Å². The van der Waals surface area contributed by atoms with Gasteiger partial charge in [0.1, 0.15) is 5.75 Å². The van der Waals surface area contributed by atoms with E-state index in [2.05, 4.69) is 25.3 Å². The number of aromatic hydroxyl groups is 1. The highest BCUT2D eigenvalue weighted by molar-refractivity contribution is 5.89. The Balaban J connectivity index is 1.41. The van der Waals surface area contributed by atoms with Crippen LogP contribution in [0.3, 0.4) is 0 Å². The number of hydrogen-bond acceptors (Lipinski definition) is 6. The van der Waals surface area contributed by atoms with Crippen LogP contribution in [0.5, 0.6) is 5.75 Å². The summed E-state index contributed by atoms with van der Waals surface area (Å²) in [5, 5.41) is 26.0. The number of aromatic amines is 2. The summed E-state index contributed by atoms with van der Waals surface area (Å²) >= 11 is 0. The highest BCUT2D eigenvalue weighted by atomic mass is 16.5. The summed E-state index contributed by atoms with van der Waals surface area (Å²) in [6.07, 6.45) is 3.49. The van der Waals surface area contributed by atoms with Gasteiger partial charge in [-0.2, -0.15) is 10.2 Å². The van der Waals surface area contributed by atoms with Gasteiger partial charge in [-0.15, -0.1) is 0 Å². The highest BCUT2D eigenvalue weighted by Gasteiger charge is 2.25. The fourth-order valence-corrected chi connectivity index (χ4v) is 4.60. The number of phenols is 1. The maximum atomic E-state index is 12.7. The van der Waals surface area contributed by atoms with Gasteiger partial charge < -0.3 is 14.7 Å². The predicted octanol–water partition coefficient (Wildman–Crippen LogP) is 2.91. The normalized spacial score (nSPS) is 17.1. The van der Waals surface area contributed by atoms with E-state index in [0.717, 1.165) is 42.7 Å². The molecule has 1 aliphatic heterocycles. The minimum absolute atomic E-state index is 0.0364. The molecule has 6 rings (SSSR count). The van der Waals surface area contributed by atoms with Crippen LogP contribution in [-0.2, 0) is 4.74 Å². The van der Waals surface area contributed by atoms with E-state index in [4.69, 9.17) is 4.74 Å². The Bertz CT molecular complexity index is 1330. The van der Waals surface area contributed by atoms with Gasteiger partial charge in [-0.3, -0.25) is 5.10 Å². The summed E-state index contributed by atoms with van der Waals surface area (Å²) < 4.78 is 6.92. The number of morpholine rings is 1. The third-order valence-corrected chi connectivity index (χ3v) is 6.61. The lowest BCUT2D eigenvalue weighted by atomic mass is 9.82. The molecule has 1 saturated heterocycles. The van der Waals surface area contributed by atoms with Crippen molar-refractivity contribution >= 4 is 16.6 Å². The van der Waals surface area contributed by atoms with Crippen molar-refractivity contribution in [2.75, 3.05) is 31.2 Å². The number of nitrogens with one attached hydrogen (secondary N) is 2. The van der Waals surface area contributed by atoms with Gasteiger partial charge in [-0.25, -0.2) is 14.5 Å². The Morgan fingerprint density at radius 1 is 1.00 bits per heavy atom. The second-order valence-electron chi connectivity index (χ2n) is 8.46. The molecule has 3 N–H and O–H groups in total. The lowest BCUT2D eigenvalue weighted by Gasteiger charge is -2.28. The van der Waals surface area contributed by atoms with Crippen LogP contribution in [0.25, 0.3) is 28.0 Å². The molecule has 9 heteroatoms. The maximum Gasteiger partial charge on any atom is 0.348 e. The smallest absolute Gasteiger partial charge is 0.348 e. The van der Waals surface area contributed by atoms with Crippen molar-refractivity contribution in [3.8, 4) is 22.8 Å². The van der Waals surface area contributed by atoms with Gasteiger partial charge >= 0.3 is 5.69 Å². The van der Waals surface area contributed by atoms with E-state index in [1.165, 1.54) is 11.0 Å². The van der Waals surface area contributed by atoms with E-state index < -0.39 is 0 Å². The Kier molecular flexibility index (Phi) is 4.50. The number of ether oxygens (including phenoxy) is 1. The fraction of sp³-hybridized carbons (Fsp3) is 0.348. The van der Waals surface area contributed by atoms with Crippen LogP contribution >= 0.6 is 0 Å². The Morgan fingerprint density at radius 2 is 1.75 bits per heavy atom. The summed E-state index contributed by atoms with van der Waals surface area (Å²) in [6, 6.07) is 11.3. The van der Waals surface area contributed by atoms with E-state index in [0.29, 0.717) is 41.7 Å². The van der Waals surface area contributed by atoms with Gasteiger partial charge in [0.05, 0.1) is 30.0 Å². The quantitative estimate of drug-likeness (QED) is 0.457. The van der Waals surface area contributed by atoms with Gasteiger partial charge in [0.2, 0.25) is 0 Å². The van der Waals surface area contributed by atoms with E-state index in [-0.39, 0.29) is 11.4 Å². The monoisotopic (exact) mass is 432 g/mol. The maximum absolute atomic E-state index is 12.7. The molecule has 2 aliphatic rings. The molecule has 3 heterocycles. The molecule has 32 heavy (non-hydrogen) atoms. The zero-order valence-electron chi connectivity index (χ0n) is 17.5. The van der Waals surface area contributed by atoms with Crippen molar-refractivity contribution in [1.29, 1.82) is 0 Å². The van der Waals surface area contributed by atoms with Crippen LogP contribution in [-0.4, -0.2) is 56.4 Å². The topological polar surface area (TPSA) is 112 Å². The fourth-order valence-electron chi connectivity index (χ4n) is 4.60. The number of benzene rings is 2. The highest BCUT2D eigenvalue weighted by Crippen LogP contribution is 2.41. The zero-order chi connectivity index (χ0) is 21.7. The second kappa shape index (κ2) is 7.52. The molecule has 1 saturated carbocycles. The van der Waals surface area contributed by atoms with Crippen molar-refractivity contribution in [3.05, 3.63) is 52.6 Å². The first kappa shape index (κ1) is 19.1. The summed E-state index contributed by atoms with van der Waals surface area (Å²) in [4.78, 5) is 14.9. The molecule has 9 nitrogen and oxygen atoms in total. The average molecular weight is 432 g/mol. The molecule has 2 aromatic heterocycles. The van der Waals surface area contributed by atoms with Gasteiger partial charge in [0.15, 0.2) is 5.82 Å². The van der Waals surface area contributed by atoms with Crippen molar-refractivity contribution in [1.82, 2.24) is 25.0 Å². The van der Waals surface area contributed by atoms with Crippen LogP contribution < -0.4 is 10.6 Å². The molecule has 1 aliphatic carbocycles. The summed E-state index contributed by atoms with van der Waals surface area (Å²) in [7, 11) is 0. The van der Waals surface area contributed by atoms with E-state index in [1.807, 2.05) is 30.3 Å². The Labute approximate surface area is 183 Å². The third-order valence-electron chi connectivity index (χ3n) is 6.61. The molecule has 0 spiro atoms. The lowest BCUT2D eigenvalue weighted by molar-refractivity contribution is 0.122. The molecule has 2 aromatic carbocycles. The molecular weight excluding hydrogens is 408 g/mol. The van der Waals surface area contributed by atoms with E-state index in [9.17, 15) is 9.90 Å². The number of fused-ring (bicyclic) bond motifs is 1. The lowest BCUT2D eigenvalue weighted by Crippen LogP contribution is -2.36. The first-order chi connectivity index (χ1) is 15.7. The molecular formula is C23H24N6O3. The van der Waals surface area contributed by atoms with E-state index >= 15 is 0 Å². The molecule has 0 unspecified atom stereocenters. The SMILES string of the molecule is O=c1[nH]nc(-c2cc3c(C4CCC4)[nH]nc3cc2O)n1-c1ccc(N2CCOCC2)cc1. The number of anilines is 1. The molecule has 164 valence electrons. The number of hydrogen-bond donors (Lipinski definition) is 3. The van der Waals surface area contributed by atoms with E-state index in [1.54, 1.807) is 6.07 Å². The van der Waals surface area contributed by atoms with Crippen LogP contribution in [0.1, 0.15) is 30.9 Å². The Morgan fingerprint density at radius 3 is 2.47 bits per heavy atom. The molecule has 2 fully saturated rings. The molecule has 0 amide bonds. The van der Waals surface area contributed by atoms with Gasteiger partial charge in [0.25, 0.3) is 0 Å². The van der Waals surface area contributed by atoms with Crippen LogP contribution in [0.4, 0.5) is 5.69 Å². The number of nitrogens with zero attached hydrogens (tertiary/aromatic N) is 4. The number of rotatable bonds is 4. The minimum Gasteiger partial charge on any atom is -0.507 e. The average Bonchev–Trinajstić information content (AvgIpc) is 3.36. The van der Waals surface area contributed by atoms with Crippen LogP contribution in [0.2, 0.25) is 0 Å². The molecule has 0 radical (unpaired) electrons. The largest absolute Gasteiger partial charge is 0.507 e. The van der Waals surface area contributed by atoms with Crippen molar-refractivity contribution in [2.24, 2.45) is 0 Å². The molecule has 0 atom stereocenters. The summed E-state index contributed by atoms with van der Waals surface area (Å²) in [6.45, 7) is 3.12. The first-order valence-corrected chi connectivity index (χ1v) is 11.0. The van der Waals surface area contributed by atoms with Gasteiger partial charge in [0, 0.05) is 41.8 Å². The first-order valence-electron chi connectivity index (χ1n) is 11.0. The third kappa shape index (κ3) is 3.08. The van der Waals surface area contributed by atoms with Crippen LogP contribution in [0, 0.1) is 0 Å². The standard InChI is InChI=1S/C23H24N6O3/c30-20-13-19-17(21(25-24-19)14-2-1-3-14)12-18(20)22-26-27-23(31)29(22)16-6-4-15(5-7-16)28-8-10-32-11-9-28/h4-7,12-14,30H,1-3,8-11H2,(H,24,25)(H,27,31).